The fourth-order valence-corrected chi connectivity index (χ4v) is 2.05. The molecule has 94 valence electrons. The largest absolute Gasteiger partial charge is 0.446 e. The lowest BCUT2D eigenvalue weighted by atomic mass is 10.4. The van der Waals surface area contributed by atoms with Gasteiger partial charge in [0.1, 0.15) is 5.82 Å². The number of morpholine rings is 1. The average molecular weight is 264 g/mol. The molecule has 0 aliphatic carbocycles. The average Bonchev–Trinajstić information content (AvgIpc) is 2.29. The second kappa shape index (κ2) is 5.14. The zero-order chi connectivity index (χ0) is 12.3. The second-order valence-corrected chi connectivity index (χ2v) is 4.64. The molecule has 0 unspecified atom stereocenters. The van der Waals surface area contributed by atoms with Gasteiger partial charge in [-0.25, -0.2) is 4.98 Å². The maximum Gasteiger partial charge on any atom is 0.446 e. The molecule has 0 radical (unpaired) electrons. The van der Waals surface area contributed by atoms with Gasteiger partial charge in [-0.2, -0.15) is 13.2 Å². The molecule has 2 heterocycles. The Morgan fingerprint density at radius 3 is 2.47 bits per heavy atom. The monoisotopic (exact) mass is 264 g/mol. The van der Waals surface area contributed by atoms with Crippen LogP contribution in [0, 0.1) is 0 Å². The van der Waals surface area contributed by atoms with Crippen LogP contribution in [0.4, 0.5) is 19.0 Å². The van der Waals surface area contributed by atoms with Crippen molar-refractivity contribution in [2.75, 3.05) is 31.2 Å². The molecule has 0 N–H and O–H groups in total. The van der Waals surface area contributed by atoms with Crippen molar-refractivity contribution in [1.82, 2.24) is 4.98 Å². The van der Waals surface area contributed by atoms with Gasteiger partial charge in [-0.3, -0.25) is 0 Å². The van der Waals surface area contributed by atoms with Crippen LogP contribution in [0.5, 0.6) is 0 Å². The number of alkyl halides is 3. The first-order valence-corrected chi connectivity index (χ1v) is 5.91. The van der Waals surface area contributed by atoms with E-state index in [2.05, 4.69) is 4.98 Å². The van der Waals surface area contributed by atoms with E-state index < -0.39 is 5.51 Å². The topological polar surface area (TPSA) is 25.4 Å². The molecule has 2 rings (SSSR count). The van der Waals surface area contributed by atoms with Gasteiger partial charge in [0.25, 0.3) is 0 Å². The maximum atomic E-state index is 12.1. The highest BCUT2D eigenvalue weighted by Crippen LogP contribution is 2.36. The van der Waals surface area contributed by atoms with E-state index in [0.29, 0.717) is 19.0 Å². The molecular weight excluding hydrogens is 253 g/mol. The first kappa shape index (κ1) is 12.5. The number of nitrogens with zero attached hydrogens (tertiary/aromatic N) is 2. The summed E-state index contributed by atoms with van der Waals surface area (Å²) in [6, 6.07) is 3.05. The zero-order valence-corrected chi connectivity index (χ0v) is 9.72. The van der Waals surface area contributed by atoms with Crippen molar-refractivity contribution in [2.24, 2.45) is 0 Å². The van der Waals surface area contributed by atoms with Gasteiger partial charge in [-0.05, 0) is 23.9 Å². The third-order valence-electron chi connectivity index (χ3n) is 2.29. The Labute approximate surface area is 101 Å². The normalized spacial score (nSPS) is 17.2. The van der Waals surface area contributed by atoms with Gasteiger partial charge in [0.2, 0.25) is 0 Å². The predicted molar refractivity (Wildman–Crippen MR) is 59.2 cm³/mol. The number of hydrogen-bond acceptors (Lipinski definition) is 4. The van der Waals surface area contributed by atoms with Crippen LogP contribution >= 0.6 is 11.8 Å². The highest BCUT2D eigenvalue weighted by Gasteiger charge is 2.29. The lowest BCUT2D eigenvalue weighted by Gasteiger charge is -2.27. The molecule has 1 saturated heterocycles. The van der Waals surface area contributed by atoms with E-state index in [4.69, 9.17) is 4.74 Å². The van der Waals surface area contributed by atoms with Crippen molar-refractivity contribution in [3.8, 4) is 0 Å². The maximum absolute atomic E-state index is 12.1. The quantitative estimate of drug-likeness (QED) is 0.766. The number of rotatable bonds is 2. The van der Waals surface area contributed by atoms with Crippen LogP contribution in [0.25, 0.3) is 0 Å². The third kappa shape index (κ3) is 3.78. The number of ether oxygens (including phenoxy) is 1. The minimum Gasteiger partial charge on any atom is -0.378 e. The summed E-state index contributed by atoms with van der Waals surface area (Å²) in [7, 11) is 0. The van der Waals surface area contributed by atoms with Crippen molar-refractivity contribution in [1.29, 1.82) is 0 Å². The first-order chi connectivity index (χ1) is 8.04. The van der Waals surface area contributed by atoms with E-state index in [9.17, 15) is 13.2 Å². The minimum atomic E-state index is -4.26. The van der Waals surface area contributed by atoms with Gasteiger partial charge < -0.3 is 9.64 Å². The van der Waals surface area contributed by atoms with Crippen LogP contribution < -0.4 is 4.90 Å². The summed E-state index contributed by atoms with van der Waals surface area (Å²) in [6.45, 7) is 2.69. The highest BCUT2D eigenvalue weighted by atomic mass is 32.2. The molecule has 0 bridgehead atoms. The Balaban J connectivity index is 2.02. The van der Waals surface area contributed by atoms with Crippen molar-refractivity contribution in [3.05, 3.63) is 18.3 Å². The van der Waals surface area contributed by atoms with E-state index in [1.54, 1.807) is 6.07 Å². The van der Waals surface area contributed by atoms with Gasteiger partial charge in [-0.1, -0.05) is 0 Å². The molecule has 1 fully saturated rings. The molecule has 0 amide bonds. The summed E-state index contributed by atoms with van der Waals surface area (Å²) in [6.07, 6.45) is 1.25. The summed E-state index contributed by atoms with van der Waals surface area (Å²) >= 11 is -0.150. The number of aromatic nitrogens is 1. The fourth-order valence-electron chi connectivity index (χ4n) is 1.55. The summed E-state index contributed by atoms with van der Waals surface area (Å²) in [4.78, 5) is 6.13. The summed E-state index contributed by atoms with van der Waals surface area (Å²) in [5, 5.41) is 0. The molecule has 1 aromatic heterocycles. The molecule has 0 atom stereocenters. The molecule has 1 aromatic rings. The van der Waals surface area contributed by atoms with Gasteiger partial charge in [0.05, 0.1) is 13.2 Å². The van der Waals surface area contributed by atoms with Crippen LogP contribution in [0.3, 0.4) is 0 Å². The minimum absolute atomic E-state index is 0.106. The van der Waals surface area contributed by atoms with Crippen LogP contribution in [-0.2, 0) is 4.74 Å². The van der Waals surface area contributed by atoms with Gasteiger partial charge >= 0.3 is 5.51 Å². The summed E-state index contributed by atoms with van der Waals surface area (Å²) in [5.74, 6) is 0.694. The van der Waals surface area contributed by atoms with Crippen molar-refractivity contribution in [2.45, 2.75) is 10.4 Å². The lowest BCUT2D eigenvalue weighted by molar-refractivity contribution is -0.0328. The van der Waals surface area contributed by atoms with E-state index in [1.807, 2.05) is 4.90 Å². The Morgan fingerprint density at radius 1 is 1.24 bits per heavy atom. The van der Waals surface area contributed by atoms with Gasteiger partial charge in [0.15, 0.2) is 0 Å². The van der Waals surface area contributed by atoms with Crippen molar-refractivity contribution >= 4 is 17.6 Å². The van der Waals surface area contributed by atoms with Crippen molar-refractivity contribution in [3.63, 3.8) is 0 Å². The highest BCUT2D eigenvalue weighted by molar-refractivity contribution is 8.00. The van der Waals surface area contributed by atoms with Crippen LogP contribution in [-0.4, -0.2) is 36.8 Å². The molecule has 7 heteroatoms. The number of anilines is 1. The molecule has 0 spiro atoms. The first-order valence-electron chi connectivity index (χ1n) is 5.09. The number of hydrogen-bond donors (Lipinski definition) is 0. The molecule has 1 aliphatic heterocycles. The molecule has 3 nitrogen and oxygen atoms in total. The van der Waals surface area contributed by atoms with Gasteiger partial charge in [-0.15, -0.1) is 0 Å². The standard InChI is InChI=1S/C10H11F3N2OS/c11-10(12,13)17-8-1-2-9(14-7-8)15-3-5-16-6-4-15/h1-2,7H,3-6H2. The summed E-state index contributed by atoms with van der Waals surface area (Å²) < 4.78 is 41.5. The third-order valence-corrected chi connectivity index (χ3v) is 3.00. The molecule has 17 heavy (non-hydrogen) atoms. The van der Waals surface area contributed by atoms with E-state index in [0.717, 1.165) is 13.1 Å². The summed E-state index contributed by atoms with van der Waals surface area (Å²) in [5.41, 5.74) is -4.26. The van der Waals surface area contributed by atoms with Crippen LogP contribution in [0.2, 0.25) is 0 Å². The predicted octanol–water partition coefficient (Wildman–Crippen LogP) is 2.53. The van der Waals surface area contributed by atoms with E-state index in [-0.39, 0.29) is 16.7 Å². The second-order valence-electron chi connectivity index (χ2n) is 3.50. The number of pyridine rings is 1. The van der Waals surface area contributed by atoms with Crippen LogP contribution in [0.1, 0.15) is 0 Å². The van der Waals surface area contributed by atoms with E-state index in [1.165, 1.54) is 12.3 Å². The molecule has 0 aromatic carbocycles. The molecule has 1 aliphatic rings. The zero-order valence-electron chi connectivity index (χ0n) is 8.91. The molecule has 0 saturated carbocycles. The molecular formula is C10H11F3N2OS. The Bertz CT molecular complexity index is 363. The fraction of sp³-hybridized carbons (Fsp3) is 0.500. The smallest absolute Gasteiger partial charge is 0.378 e. The Hall–Kier alpha value is -0.950. The SMILES string of the molecule is FC(F)(F)Sc1ccc(N2CCOCC2)nc1. The Morgan fingerprint density at radius 2 is 1.94 bits per heavy atom. The number of halogens is 3. The Kier molecular flexibility index (Phi) is 3.78. The number of thioether (sulfide) groups is 1. The van der Waals surface area contributed by atoms with Gasteiger partial charge in [0, 0.05) is 24.2 Å². The van der Waals surface area contributed by atoms with Crippen LogP contribution in [0.15, 0.2) is 23.2 Å². The lowest BCUT2D eigenvalue weighted by Crippen LogP contribution is -2.36. The van der Waals surface area contributed by atoms with Crippen molar-refractivity contribution < 1.29 is 17.9 Å². The van der Waals surface area contributed by atoms with E-state index >= 15 is 0 Å².